The minimum Gasteiger partial charge on any atom is -0.481 e. The minimum absolute atomic E-state index is 0.602. The van der Waals surface area contributed by atoms with Gasteiger partial charge in [-0.2, -0.15) is 0 Å². The van der Waals surface area contributed by atoms with Crippen molar-refractivity contribution >= 4 is 23.9 Å². The van der Waals surface area contributed by atoms with Crippen LogP contribution in [0.4, 0.5) is 0 Å². The Morgan fingerprint density at radius 3 is 1.63 bits per heavy atom. The van der Waals surface area contributed by atoms with Crippen molar-refractivity contribution in [2.24, 2.45) is 5.92 Å². The third-order valence-electron chi connectivity index (χ3n) is 4.61. The fourth-order valence-corrected chi connectivity index (χ4v) is 5.59. The van der Waals surface area contributed by atoms with E-state index in [0.29, 0.717) is 10.6 Å². The van der Waals surface area contributed by atoms with Crippen LogP contribution in [0, 0.1) is 5.92 Å². The van der Waals surface area contributed by atoms with E-state index in [1.807, 2.05) is 91.0 Å². The van der Waals surface area contributed by atoms with Crippen molar-refractivity contribution in [2.45, 2.75) is 13.0 Å². The summed E-state index contributed by atoms with van der Waals surface area (Å²) in [6.07, 6.45) is 0. The van der Waals surface area contributed by atoms with Gasteiger partial charge in [0.1, 0.15) is 0 Å². The monoisotopic (exact) mass is 379 g/mol. The lowest BCUT2D eigenvalue weighted by Crippen LogP contribution is -2.35. The Morgan fingerprint density at radius 1 is 0.815 bits per heavy atom. The largest absolute Gasteiger partial charge is 0.481 e. The molecule has 27 heavy (non-hydrogen) atoms. The molecule has 0 aliphatic heterocycles. The van der Waals surface area contributed by atoms with E-state index >= 15 is 0 Å². The third kappa shape index (κ3) is 4.19. The van der Waals surface area contributed by atoms with Gasteiger partial charge in [0, 0.05) is 10.6 Å². The summed E-state index contributed by atoms with van der Waals surface area (Å²) in [4.78, 5) is 11.7. The van der Waals surface area contributed by atoms with Crippen LogP contribution in [0.1, 0.15) is 18.5 Å². The number of carboxylic acid groups (broad SMARTS) is 1. The molecule has 0 amide bonds. The highest BCUT2D eigenvalue weighted by Gasteiger charge is 2.35. The predicted molar refractivity (Wildman–Crippen MR) is 109 cm³/mol. The van der Waals surface area contributed by atoms with E-state index in [1.54, 1.807) is 6.92 Å². The molecule has 0 bridgehead atoms. The molecule has 4 nitrogen and oxygen atoms in total. The Balaban J connectivity index is 2.11. The second-order valence-corrected chi connectivity index (χ2v) is 8.93. The van der Waals surface area contributed by atoms with Crippen molar-refractivity contribution in [2.75, 3.05) is 0 Å². The molecule has 0 fully saturated rings. The molecule has 3 aromatic rings. The summed E-state index contributed by atoms with van der Waals surface area (Å²) in [5.74, 6) is -1.70. The fraction of sp³-hybridized carbons (Fsp3) is 0.136. The van der Waals surface area contributed by atoms with Crippen LogP contribution in [0.15, 0.2) is 91.0 Å². The van der Waals surface area contributed by atoms with Gasteiger partial charge in [-0.1, -0.05) is 73.7 Å². The maximum atomic E-state index is 14.2. The van der Waals surface area contributed by atoms with Crippen molar-refractivity contribution in [3.63, 3.8) is 0 Å². The number of hydrogen-bond acceptors (Lipinski definition) is 2. The average Bonchev–Trinajstić information content (AvgIpc) is 2.73. The molecule has 0 radical (unpaired) electrons. The first kappa shape index (κ1) is 19.1. The van der Waals surface area contributed by atoms with Gasteiger partial charge in [-0.05, 0) is 29.8 Å². The molecule has 2 N–H and O–H groups in total. The first-order valence-electron chi connectivity index (χ1n) is 8.79. The third-order valence-corrected chi connectivity index (χ3v) is 7.30. The Hall–Kier alpha value is -2.68. The lowest BCUT2D eigenvalue weighted by molar-refractivity contribution is -0.142. The second kappa shape index (κ2) is 8.34. The summed E-state index contributed by atoms with van der Waals surface area (Å²) in [6.45, 7) is 1.63. The summed E-state index contributed by atoms with van der Waals surface area (Å²) in [5, 5.41) is 14.2. The quantitative estimate of drug-likeness (QED) is 0.610. The molecular formula is C22H22NO3P. The Morgan fingerprint density at radius 2 is 1.22 bits per heavy atom. The SMILES string of the molecule is C[C@@H](C(=O)O)[C@@H](NP(=O)(c1ccccc1)c1ccccc1)c1ccccc1. The summed E-state index contributed by atoms with van der Waals surface area (Å²) in [7, 11) is -3.25. The topological polar surface area (TPSA) is 66.4 Å². The highest BCUT2D eigenvalue weighted by Crippen LogP contribution is 2.43. The van der Waals surface area contributed by atoms with Gasteiger partial charge in [0.2, 0.25) is 7.29 Å². The van der Waals surface area contributed by atoms with E-state index in [-0.39, 0.29) is 0 Å². The van der Waals surface area contributed by atoms with Crippen LogP contribution in [0.2, 0.25) is 0 Å². The van der Waals surface area contributed by atoms with Gasteiger partial charge in [0.15, 0.2) is 0 Å². The maximum Gasteiger partial charge on any atom is 0.308 e. The fourth-order valence-electron chi connectivity index (χ4n) is 3.05. The molecule has 5 heteroatoms. The summed E-state index contributed by atoms with van der Waals surface area (Å²) >= 11 is 0. The van der Waals surface area contributed by atoms with Gasteiger partial charge in [-0.15, -0.1) is 0 Å². The number of carboxylic acids is 1. The first-order chi connectivity index (χ1) is 13.0. The van der Waals surface area contributed by atoms with E-state index in [9.17, 15) is 14.5 Å². The number of nitrogens with one attached hydrogen (secondary N) is 1. The molecule has 138 valence electrons. The van der Waals surface area contributed by atoms with Crippen LogP contribution in [0.5, 0.6) is 0 Å². The molecule has 0 heterocycles. The lowest BCUT2D eigenvalue weighted by atomic mass is 9.96. The van der Waals surface area contributed by atoms with Gasteiger partial charge < -0.3 is 5.11 Å². The molecule has 0 saturated heterocycles. The number of hydrogen-bond donors (Lipinski definition) is 2. The molecular weight excluding hydrogens is 357 g/mol. The van der Waals surface area contributed by atoms with Crippen molar-refractivity contribution < 1.29 is 14.5 Å². The van der Waals surface area contributed by atoms with E-state index < -0.39 is 25.2 Å². The molecule has 2 atom stereocenters. The van der Waals surface area contributed by atoms with Crippen LogP contribution in [-0.2, 0) is 9.36 Å². The zero-order valence-electron chi connectivity index (χ0n) is 15.0. The minimum atomic E-state index is -3.25. The van der Waals surface area contributed by atoms with Gasteiger partial charge in [0.05, 0.1) is 12.0 Å². The van der Waals surface area contributed by atoms with Crippen LogP contribution >= 0.6 is 7.29 Å². The van der Waals surface area contributed by atoms with E-state index in [4.69, 9.17) is 0 Å². The molecule has 0 aromatic heterocycles. The summed E-state index contributed by atoms with van der Waals surface area (Å²) in [6, 6.07) is 27.0. The van der Waals surface area contributed by atoms with Gasteiger partial charge in [0.25, 0.3) is 0 Å². The highest BCUT2D eigenvalue weighted by molar-refractivity contribution is 7.76. The van der Waals surface area contributed by atoms with Gasteiger partial charge in [-0.25, -0.2) is 0 Å². The Bertz CT molecular complexity index is 886. The Labute approximate surface area is 159 Å². The summed E-state index contributed by atoms with van der Waals surface area (Å²) < 4.78 is 14.2. The van der Waals surface area contributed by atoms with Gasteiger partial charge in [-0.3, -0.25) is 14.4 Å². The van der Waals surface area contributed by atoms with E-state index in [0.717, 1.165) is 5.56 Å². The van der Waals surface area contributed by atoms with Crippen molar-refractivity contribution in [3.8, 4) is 0 Å². The molecule has 0 saturated carbocycles. The molecule has 0 unspecified atom stereocenters. The highest BCUT2D eigenvalue weighted by atomic mass is 31.2. The molecule has 0 aliphatic rings. The zero-order valence-corrected chi connectivity index (χ0v) is 15.9. The van der Waals surface area contributed by atoms with E-state index in [1.165, 1.54) is 0 Å². The van der Waals surface area contributed by atoms with Crippen LogP contribution < -0.4 is 15.7 Å². The summed E-state index contributed by atoms with van der Waals surface area (Å²) in [5.41, 5.74) is 0.791. The molecule has 0 aliphatic carbocycles. The van der Waals surface area contributed by atoms with E-state index in [2.05, 4.69) is 5.09 Å². The van der Waals surface area contributed by atoms with Crippen molar-refractivity contribution in [1.82, 2.24) is 5.09 Å². The molecule has 0 spiro atoms. The van der Waals surface area contributed by atoms with Crippen LogP contribution in [0.25, 0.3) is 0 Å². The smallest absolute Gasteiger partial charge is 0.308 e. The Kier molecular flexibility index (Phi) is 5.90. The normalized spacial score (nSPS) is 13.7. The predicted octanol–water partition coefficient (Wildman–Crippen LogP) is 3.97. The average molecular weight is 379 g/mol. The lowest BCUT2D eigenvalue weighted by Gasteiger charge is -2.29. The maximum absolute atomic E-state index is 14.2. The number of benzene rings is 3. The standard InChI is InChI=1S/C22H22NO3P/c1-17(22(24)25)21(18-11-5-2-6-12-18)23-27(26,19-13-7-3-8-14-19)20-15-9-4-10-16-20/h2-17,21H,1H3,(H,23,26)(H,24,25)/t17-,21-/m1/s1. The zero-order chi connectivity index (χ0) is 19.3. The first-order valence-corrected chi connectivity index (χ1v) is 10.5. The molecule has 3 rings (SSSR count). The van der Waals surface area contributed by atoms with Crippen molar-refractivity contribution in [1.29, 1.82) is 0 Å². The van der Waals surface area contributed by atoms with Crippen molar-refractivity contribution in [3.05, 3.63) is 96.6 Å². The van der Waals surface area contributed by atoms with Crippen LogP contribution in [0.3, 0.4) is 0 Å². The van der Waals surface area contributed by atoms with Gasteiger partial charge >= 0.3 is 5.97 Å². The second-order valence-electron chi connectivity index (χ2n) is 6.42. The molecule has 3 aromatic carbocycles. The number of rotatable bonds is 7. The number of aliphatic carboxylic acids is 1. The van der Waals surface area contributed by atoms with Crippen LogP contribution in [-0.4, -0.2) is 11.1 Å². The number of carbonyl (C=O) groups is 1.